The standard InChI is InChI=1S/C28H42N6O2/c1-19(2)34-26-10-6-5-9-25(26)27(30-34)28(36)29-21-16-22-11-12-23(17-21)33(22)15-14-32-13-7-8-24(18-32)31(4)20(3)35/h5-6,9-10,19,21-24H,7-8,11-18H2,1-4H3,(H,29,36)/t21?,22-,23+,24?. The maximum Gasteiger partial charge on any atom is 0.272 e. The minimum Gasteiger partial charge on any atom is -0.348 e. The minimum absolute atomic E-state index is 0.0441. The first-order chi connectivity index (χ1) is 17.3. The molecule has 2 bridgehead atoms. The van der Waals surface area contributed by atoms with Crippen molar-refractivity contribution in [2.45, 2.75) is 89.5 Å². The van der Waals surface area contributed by atoms with E-state index < -0.39 is 0 Å². The van der Waals surface area contributed by atoms with Gasteiger partial charge in [-0.25, -0.2) is 0 Å². The molecule has 3 aliphatic rings. The van der Waals surface area contributed by atoms with Crippen molar-refractivity contribution in [1.29, 1.82) is 0 Å². The summed E-state index contributed by atoms with van der Waals surface area (Å²) in [5, 5.41) is 8.97. The summed E-state index contributed by atoms with van der Waals surface area (Å²) in [6.45, 7) is 10.1. The first-order valence-electron chi connectivity index (χ1n) is 13.8. The monoisotopic (exact) mass is 494 g/mol. The third kappa shape index (κ3) is 5.02. The van der Waals surface area contributed by atoms with E-state index in [2.05, 4.69) is 29.0 Å². The molecule has 3 aliphatic heterocycles. The molecule has 1 aromatic heterocycles. The second-order valence-corrected chi connectivity index (χ2v) is 11.4. The van der Waals surface area contributed by atoms with E-state index in [4.69, 9.17) is 5.10 Å². The summed E-state index contributed by atoms with van der Waals surface area (Å²) in [5.74, 6) is 0.116. The predicted octanol–water partition coefficient (Wildman–Crippen LogP) is 3.29. The number of likely N-dealkylation sites (N-methyl/N-ethyl adjacent to an activating group) is 1. The molecule has 5 rings (SSSR count). The molecule has 0 saturated carbocycles. The van der Waals surface area contributed by atoms with Crippen molar-refractivity contribution in [2.24, 2.45) is 0 Å². The molecule has 196 valence electrons. The molecule has 2 amide bonds. The van der Waals surface area contributed by atoms with Gasteiger partial charge in [-0.3, -0.25) is 19.2 Å². The minimum atomic E-state index is -0.0441. The number of aromatic nitrogens is 2. The number of hydrogen-bond donors (Lipinski definition) is 1. The van der Waals surface area contributed by atoms with Gasteiger partial charge in [0, 0.05) is 69.2 Å². The zero-order valence-corrected chi connectivity index (χ0v) is 22.3. The largest absolute Gasteiger partial charge is 0.348 e. The highest BCUT2D eigenvalue weighted by Gasteiger charge is 2.41. The summed E-state index contributed by atoms with van der Waals surface area (Å²) in [5.41, 5.74) is 1.56. The van der Waals surface area contributed by atoms with E-state index in [9.17, 15) is 9.59 Å². The number of para-hydroxylation sites is 1. The van der Waals surface area contributed by atoms with Gasteiger partial charge < -0.3 is 15.1 Å². The molecule has 0 radical (unpaired) electrons. The lowest BCUT2D eigenvalue weighted by Gasteiger charge is -2.42. The molecular weight excluding hydrogens is 452 g/mol. The maximum absolute atomic E-state index is 13.3. The average Bonchev–Trinajstić information content (AvgIpc) is 3.37. The Labute approximate surface area is 215 Å². The summed E-state index contributed by atoms with van der Waals surface area (Å²) in [6.07, 6.45) is 6.73. The number of benzene rings is 1. The lowest BCUT2D eigenvalue weighted by Crippen LogP contribution is -2.53. The topological polar surface area (TPSA) is 73.7 Å². The van der Waals surface area contributed by atoms with E-state index in [1.165, 1.54) is 12.8 Å². The molecule has 2 unspecified atom stereocenters. The normalized spacial score (nSPS) is 27.0. The van der Waals surface area contributed by atoms with Crippen molar-refractivity contribution in [2.75, 3.05) is 33.2 Å². The molecule has 3 saturated heterocycles. The number of nitrogens with one attached hydrogen (secondary N) is 1. The van der Waals surface area contributed by atoms with E-state index >= 15 is 0 Å². The van der Waals surface area contributed by atoms with Crippen molar-refractivity contribution >= 4 is 22.7 Å². The van der Waals surface area contributed by atoms with Crippen LogP contribution in [0.25, 0.3) is 10.9 Å². The highest BCUT2D eigenvalue weighted by atomic mass is 16.2. The fraction of sp³-hybridized carbons (Fsp3) is 0.679. The molecule has 4 atom stereocenters. The highest BCUT2D eigenvalue weighted by molar-refractivity contribution is 6.05. The van der Waals surface area contributed by atoms with Crippen LogP contribution < -0.4 is 5.32 Å². The van der Waals surface area contributed by atoms with E-state index in [1.807, 2.05) is 40.9 Å². The number of carbonyl (C=O) groups is 2. The Bertz CT molecular complexity index is 1080. The molecule has 0 aliphatic carbocycles. The third-order valence-electron chi connectivity index (χ3n) is 8.74. The van der Waals surface area contributed by atoms with Crippen molar-refractivity contribution in [1.82, 2.24) is 29.8 Å². The second kappa shape index (κ2) is 10.5. The summed E-state index contributed by atoms with van der Waals surface area (Å²) in [6, 6.07) is 9.85. The van der Waals surface area contributed by atoms with Gasteiger partial charge in [0.25, 0.3) is 5.91 Å². The molecule has 3 fully saturated rings. The molecule has 0 spiro atoms. The molecule has 1 N–H and O–H groups in total. The van der Waals surface area contributed by atoms with E-state index in [0.717, 1.165) is 62.8 Å². The molecule has 2 aromatic rings. The number of carbonyl (C=O) groups excluding carboxylic acids is 2. The summed E-state index contributed by atoms with van der Waals surface area (Å²) >= 11 is 0. The summed E-state index contributed by atoms with van der Waals surface area (Å²) < 4.78 is 1.95. The molecular formula is C28H42N6O2. The van der Waals surface area contributed by atoms with Crippen LogP contribution in [0, 0.1) is 0 Å². The summed E-state index contributed by atoms with van der Waals surface area (Å²) in [7, 11) is 1.94. The predicted molar refractivity (Wildman–Crippen MR) is 142 cm³/mol. The lowest BCUT2D eigenvalue weighted by molar-refractivity contribution is -0.130. The Hall–Kier alpha value is -2.45. The number of likely N-dealkylation sites (tertiary alicyclic amines) is 1. The van der Waals surface area contributed by atoms with Crippen LogP contribution in [0.2, 0.25) is 0 Å². The van der Waals surface area contributed by atoms with E-state index in [0.29, 0.717) is 23.8 Å². The van der Waals surface area contributed by atoms with Crippen LogP contribution in [0.5, 0.6) is 0 Å². The van der Waals surface area contributed by atoms with Gasteiger partial charge in [-0.15, -0.1) is 0 Å². The molecule has 8 heteroatoms. The molecule has 1 aromatic carbocycles. The summed E-state index contributed by atoms with van der Waals surface area (Å²) in [4.78, 5) is 32.3. The zero-order chi connectivity index (χ0) is 25.4. The van der Waals surface area contributed by atoms with Gasteiger partial charge in [0.2, 0.25) is 5.91 Å². The molecule has 4 heterocycles. The van der Waals surface area contributed by atoms with Gasteiger partial charge in [-0.1, -0.05) is 18.2 Å². The lowest BCUT2D eigenvalue weighted by atomic mass is 9.96. The average molecular weight is 495 g/mol. The molecule has 8 nitrogen and oxygen atoms in total. The van der Waals surface area contributed by atoms with Crippen molar-refractivity contribution in [3.63, 3.8) is 0 Å². The zero-order valence-electron chi connectivity index (χ0n) is 22.3. The Morgan fingerprint density at radius 2 is 1.83 bits per heavy atom. The van der Waals surface area contributed by atoms with Crippen LogP contribution in [0.3, 0.4) is 0 Å². The van der Waals surface area contributed by atoms with E-state index in [-0.39, 0.29) is 23.9 Å². The van der Waals surface area contributed by atoms with Crippen LogP contribution in [-0.2, 0) is 4.79 Å². The van der Waals surface area contributed by atoms with E-state index in [1.54, 1.807) is 6.92 Å². The first kappa shape index (κ1) is 25.2. The van der Waals surface area contributed by atoms with Crippen LogP contribution in [0.15, 0.2) is 24.3 Å². The van der Waals surface area contributed by atoms with Crippen molar-refractivity contribution in [3.8, 4) is 0 Å². The Balaban J connectivity index is 1.17. The van der Waals surface area contributed by atoms with Crippen LogP contribution >= 0.6 is 0 Å². The Morgan fingerprint density at radius 3 is 2.53 bits per heavy atom. The SMILES string of the molecule is CC(=O)N(C)C1CCCN(CCN2[C@@H]3CC[C@H]2CC(NC(=O)c2nn(C(C)C)c4ccccc24)C3)C1. The van der Waals surface area contributed by atoms with Gasteiger partial charge >= 0.3 is 0 Å². The van der Waals surface area contributed by atoms with Gasteiger partial charge in [0.15, 0.2) is 5.69 Å². The Morgan fingerprint density at radius 1 is 1.11 bits per heavy atom. The Kier molecular flexibility index (Phi) is 7.35. The highest BCUT2D eigenvalue weighted by Crippen LogP contribution is 2.36. The quantitative estimate of drug-likeness (QED) is 0.640. The number of nitrogens with zero attached hydrogens (tertiary/aromatic N) is 5. The van der Waals surface area contributed by atoms with Crippen molar-refractivity contribution < 1.29 is 9.59 Å². The van der Waals surface area contributed by atoms with Gasteiger partial charge in [0.1, 0.15) is 0 Å². The van der Waals surface area contributed by atoms with Crippen LogP contribution in [0.4, 0.5) is 0 Å². The third-order valence-corrected chi connectivity index (χ3v) is 8.74. The maximum atomic E-state index is 13.3. The number of piperidine rings is 2. The number of rotatable bonds is 7. The van der Waals surface area contributed by atoms with Gasteiger partial charge in [-0.2, -0.15) is 5.10 Å². The first-order valence-corrected chi connectivity index (χ1v) is 13.8. The van der Waals surface area contributed by atoms with Crippen LogP contribution in [0.1, 0.15) is 75.8 Å². The van der Waals surface area contributed by atoms with Gasteiger partial charge in [-0.05, 0) is 65.0 Å². The van der Waals surface area contributed by atoms with Crippen molar-refractivity contribution in [3.05, 3.63) is 30.0 Å². The fourth-order valence-corrected chi connectivity index (χ4v) is 6.73. The number of hydrogen-bond acceptors (Lipinski definition) is 5. The molecule has 36 heavy (non-hydrogen) atoms. The second-order valence-electron chi connectivity index (χ2n) is 11.4. The van der Waals surface area contributed by atoms with Crippen LogP contribution in [-0.4, -0.2) is 93.7 Å². The smallest absolute Gasteiger partial charge is 0.272 e. The number of amides is 2. The number of fused-ring (bicyclic) bond motifs is 3. The van der Waals surface area contributed by atoms with Gasteiger partial charge in [0.05, 0.1) is 5.52 Å². The fourth-order valence-electron chi connectivity index (χ4n) is 6.73.